The number of anilines is 1. The van der Waals surface area contributed by atoms with Gasteiger partial charge >= 0.3 is 0 Å². The van der Waals surface area contributed by atoms with Gasteiger partial charge in [-0.05, 0) is 41.8 Å². The van der Waals surface area contributed by atoms with Gasteiger partial charge in [0.1, 0.15) is 0 Å². The second-order valence-corrected chi connectivity index (χ2v) is 7.03. The summed E-state index contributed by atoms with van der Waals surface area (Å²) < 4.78 is 0. The van der Waals surface area contributed by atoms with Crippen LogP contribution in [0.5, 0.6) is 0 Å². The number of amides is 2. The first-order chi connectivity index (χ1) is 12.5. The van der Waals surface area contributed by atoms with E-state index in [9.17, 15) is 9.59 Å². The van der Waals surface area contributed by atoms with E-state index in [1.165, 1.54) is 0 Å². The first-order valence-corrected chi connectivity index (χ1v) is 8.97. The predicted molar refractivity (Wildman–Crippen MR) is 110 cm³/mol. The summed E-state index contributed by atoms with van der Waals surface area (Å²) in [5, 5.41) is 3.56. The molecular formula is C20H23Cl2N3O2. The monoisotopic (exact) mass is 407 g/mol. The third kappa shape index (κ3) is 4.93. The Morgan fingerprint density at radius 1 is 1.26 bits per heavy atom. The van der Waals surface area contributed by atoms with Crippen LogP contribution < -0.4 is 11.1 Å². The predicted octanol–water partition coefficient (Wildman–Crippen LogP) is 3.22. The van der Waals surface area contributed by atoms with E-state index in [0.29, 0.717) is 18.0 Å². The summed E-state index contributed by atoms with van der Waals surface area (Å²) >= 11 is 6.08. The molecule has 0 spiro atoms. The van der Waals surface area contributed by atoms with Crippen LogP contribution in [-0.4, -0.2) is 30.3 Å². The van der Waals surface area contributed by atoms with Gasteiger partial charge in [0, 0.05) is 30.7 Å². The average Bonchev–Trinajstić information content (AvgIpc) is 2.92. The van der Waals surface area contributed by atoms with Crippen molar-refractivity contribution in [3.63, 3.8) is 0 Å². The van der Waals surface area contributed by atoms with Gasteiger partial charge in [-0.25, -0.2) is 0 Å². The summed E-state index contributed by atoms with van der Waals surface area (Å²) in [6.45, 7) is 0.513. The summed E-state index contributed by atoms with van der Waals surface area (Å²) in [5.41, 5.74) is 8.38. The number of carbonyl (C=O) groups excluding carboxylic acids is 2. The van der Waals surface area contributed by atoms with E-state index in [1.807, 2.05) is 42.5 Å². The maximum absolute atomic E-state index is 12.7. The zero-order valence-electron chi connectivity index (χ0n) is 15.0. The maximum atomic E-state index is 12.7. The smallest absolute Gasteiger partial charge is 0.226 e. The van der Waals surface area contributed by atoms with Crippen LogP contribution in [0.2, 0.25) is 5.02 Å². The topological polar surface area (TPSA) is 75.4 Å². The van der Waals surface area contributed by atoms with Gasteiger partial charge in [0.05, 0.1) is 12.0 Å². The number of hydrogen-bond acceptors (Lipinski definition) is 3. The van der Waals surface area contributed by atoms with Crippen molar-refractivity contribution in [3.8, 4) is 0 Å². The van der Waals surface area contributed by atoms with Crippen molar-refractivity contribution in [1.82, 2.24) is 10.2 Å². The second kappa shape index (κ2) is 9.11. The Hall–Kier alpha value is -2.24. The molecule has 0 radical (unpaired) electrons. The molecule has 1 fully saturated rings. The lowest BCUT2D eigenvalue weighted by atomic mass is 9.93. The van der Waals surface area contributed by atoms with Gasteiger partial charge in [-0.15, -0.1) is 12.4 Å². The molecule has 0 bridgehead atoms. The molecule has 2 aromatic carbocycles. The molecule has 0 aromatic heterocycles. The molecule has 2 aromatic rings. The number of halogens is 2. The van der Waals surface area contributed by atoms with E-state index in [4.69, 9.17) is 17.3 Å². The van der Waals surface area contributed by atoms with E-state index in [1.54, 1.807) is 18.0 Å². The Morgan fingerprint density at radius 3 is 2.63 bits per heavy atom. The number of nitrogen functional groups attached to an aromatic ring is 1. The van der Waals surface area contributed by atoms with Gasteiger partial charge < -0.3 is 16.0 Å². The molecule has 5 nitrogen and oxygen atoms in total. The van der Waals surface area contributed by atoms with Crippen molar-refractivity contribution in [3.05, 3.63) is 64.7 Å². The number of nitrogens with two attached hydrogens (primary N) is 1. The van der Waals surface area contributed by atoms with E-state index in [2.05, 4.69) is 5.32 Å². The van der Waals surface area contributed by atoms with E-state index in [-0.39, 0.29) is 36.7 Å². The van der Waals surface area contributed by atoms with Gasteiger partial charge in [0.2, 0.25) is 11.8 Å². The third-order valence-electron chi connectivity index (χ3n) is 4.81. The Bertz CT molecular complexity index is 811. The lowest BCUT2D eigenvalue weighted by Crippen LogP contribution is -2.35. The minimum atomic E-state index is -0.419. The molecule has 2 amide bonds. The average molecular weight is 408 g/mol. The van der Waals surface area contributed by atoms with Crippen LogP contribution in [0.4, 0.5) is 5.69 Å². The summed E-state index contributed by atoms with van der Waals surface area (Å²) in [6, 6.07) is 14.6. The first kappa shape index (κ1) is 21.1. The quantitative estimate of drug-likeness (QED) is 0.746. The summed E-state index contributed by atoms with van der Waals surface area (Å²) in [7, 11) is 1.73. The molecule has 1 aliphatic heterocycles. The molecule has 0 aliphatic carbocycles. The number of hydrogen-bond donors (Lipinski definition) is 2. The normalized spacial score (nSPS) is 18.9. The molecule has 144 valence electrons. The van der Waals surface area contributed by atoms with Crippen LogP contribution in [0.1, 0.15) is 23.6 Å². The number of rotatable bonds is 5. The first-order valence-electron chi connectivity index (χ1n) is 8.59. The molecule has 2 atom stereocenters. The minimum absolute atomic E-state index is 0. The fraction of sp³-hybridized carbons (Fsp3) is 0.300. The molecule has 3 N–H and O–H groups in total. The van der Waals surface area contributed by atoms with Crippen molar-refractivity contribution in [2.75, 3.05) is 19.3 Å². The zero-order valence-corrected chi connectivity index (χ0v) is 16.6. The molecule has 27 heavy (non-hydrogen) atoms. The summed E-state index contributed by atoms with van der Waals surface area (Å²) in [4.78, 5) is 26.5. The molecular weight excluding hydrogens is 385 g/mol. The van der Waals surface area contributed by atoms with Crippen molar-refractivity contribution in [2.45, 2.75) is 18.9 Å². The number of benzene rings is 2. The number of likely N-dealkylation sites (tertiary alicyclic amines) is 1. The van der Waals surface area contributed by atoms with E-state index >= 15 is 0 Å². The summed E-state index contributed by atoms with van der Waals surface area (Å²) in [5.74, 6) is -0.561. The lowest BCUT2D eigenvalue weighted by Gasteiger charge is -2.25. The minimum Gasteiger partial charge on any atom is -0.399 e. The highest BCUT2D eigenvalue weighted by molar-refractivity contribution is 6.30. The van der Waals surface area contributed by atoms with E-state index in [0.717, 1.165) is 16.8 Å². The van der Waals surface area contributed by atoms with Crippen molar-refractivity contribution < 1.29 is 9.59 Å². The van der Waals surface area contributed by atoms with Crippen LogP contribution in [0.15, 0.2) is 48.5 Å². The van der Waals surface area contributed by atoms with Gasteiger partial charge in [0.15, 0.2) is 0 Å². The van der Waals surface area contributed by atoms with Crippen LogP contribution in [-0.2, 0) is 16.0 Å². The number of nitrogens with one attached hydrogen (secondary N) is 1. The van der Waals surface area contributed by atoms with Crippen LogP contribution in [0.25, 0.3) is 0 Å². The largest absolute Gasteiger partial charge is 0.399 e. The Labute approximate surface area is 170 Å². The van der Waals surface area contributed by atoms with Crippen molar-refractivity contribution >= 4 is 41.5 Å². The Morgan fingerprint density at radius 2 is 1.96 bits per heavy atom. The number of carbonyl (C=O) groups is 2. The SMILES string of the molecule is CN1C(=O)CC(C(=O)NCCc2ccc(N)cc2)C1c1cccc(Cl)c1.Cl. The Kier molecular flexibility index (Phi) is 7.11. The lowest BCUT2D eigenvalue weighted by molar-refractivity contribution is -0.128. The van der Waals surface area contributed by atoms with Crippen LogP contribution in [0, 0.1) is 5.92 Å². The van der Waals surface area contributed by atoms with Gasteiger partial charge in [-0.3, -0.25) is 9.59 Å². The van der Waals surface area contributed by atoms with Crippen LogP contribution in [0.3, 0.4) is 0 Å². The molecule has 1 heterocycles. The molecule has 1 aliphatic rings. The third-order valence-corrected chi connectivity index (χ3v) is 5.04. The molecule has 0 saturated carbocycles. The van der Waals surface area contributed by atoms with Gasteiger partial charge in [0.25, 0.3) is 0 Å². The molecule has 2 unspecified atom stereocenters. The highest BCUT2D eigenvalue weighted by atomic mass is 35.5. The maximum Gasteiger partial charge on any atom is 0.226 e. The van der Waals surface area contributed by atoms with Crippen molar-refractivity contribution in [1.29, 1.82) is 0 Å². The Balaban J connectivity index is 0.00000261. The zero-order chi connectivity index (χ0) is 18.7. The van der Waals surface area contributed by atoms with Crippen LogP contribution >= 0.6 is 24.0 Å². The van der Waals surface area contributed by atoms with Gasteiger partial charge in [-0.2, -0.15) is 0 Å². The fourth-order valence-corrected chi connectivity index (χ4v) is 3.60. The molecule has 1 saturated heterocycles. The summed E-state index contributed by atoms with van der Waals surface area (Å²) in [6.07, 6.45) is 0.922. The highest BCUT2D eigenvalue weighted by Crippen LogP contribution is 2.37. The fourth-order valence-electron chi connectivity index (χ4n) is 3.40. The van der Waals surface area contributed by atoms with E-state index < -0.39 is 5.92 Å². The van der Waals surface area contributed by atoms with Gasteiger partial charge in [-0.1, -0.05) is 35.9 Å². The van der Waals surface area contributed by atoms with Crippen molar-refractivity contribution in [2.24, 2.45) is 5.92 Å². The standard InChI is InChI=1S/C20H22ClN3O2.ClH/c1-24-18(25)12-17(19(24)14-3-2-4-15(21)11-14)20(26)23-10-9-13-5-7-16(22)8-6-13;/h2-8,11,17,19H,9-10,12,22H2,1H3,(H,23,26);1H. The molecule has 7 heteroatoms. The highest BCUT2D eigenvalue weighted by Gasteiger charge is 2.42. The second-order valence-electron chi connectivity index (χ2n) is 6.60. The number of nitrogens with zero attached hydrogens (tertiary/aromatic N) is 1. The molecule has 3 rings (SSSR count).